The lowest BCUT2D eigenvalue weighted by Crippen LogP contribution is -2.22. The highest BCUT2D eigenvalue weighted by molar-refractivity contribution is 5.75. The number of aromatic nitrogens is 2. The number of imidazole rings is 1. The highest BCUT2D eigenvalue weighted by atomic mass is 19.2. The molecule has 1 aromatic heterocycles. The zero-order valence-electron chi connectivity index (χ0n) is 11.5. The third-order valence-corrected chi connectivity index (χ3v) is 2.83. The normalized spacial score (nSPS) is 13.3. The van der Waals surface area contributed by atoms with Gasteiger partial charge in [-0.1, -0.05) is 13.8 Å². The minimum absolute atomic E-state index is 0.196. The van der Waals surface area contributed by atoms with Crippen molar-refractivity contribution in [2.24, 2.45) is 5.92 Å². The number of fused-ring (bicyclic) bond motifs is 1. The molecule has 1 N–H and O–H groups in total. The number of rotatable bonds is 6. The van der Waals surface area contributed by atoms with Crippen molar-refractivity contribution in [3.05, 3.63) is 30.1 Å². The molecule has 110 valence electrons. The van der Waals surface area contributed by atoms with Gasteiger partial charge in [-0.3, -0.25) is 0 Å². The largest absolute Gasteiger partial charge is 0.389 e. The molecule has 0 amide bonds. The minimum atomic E-state index is -0.927. The van der Waals surface area contributed by atoms with Crippen LogP contribution in [0.2, 0.25) is 0 Å². The van der Waals surface area contributed by atoms with Crippen LogP contribution < -0.4 is 0 Å². The van der Waals surface area contributed by atoms with Crippen LogP contribution >= 0.6 is 0 Å². The molecular weight excluding hydrogens is 266 g/mol. The fourth-order valence-electron chi connectivity index (χ4n) is 1.92. The average Bonchev–Trinajstić information content (AvgIpc) is 2.72. The van der Waals surface area contributed by atoms with Gasteiger partial charge in [0.2, 0.25) is 0 Å². The lowest BCUT2D eigenvalue weighted by Gasteiger charge is -2.13. The smallest absolute Gasteiger partial charge is 0.161 e. The second-order valence-corrected chi connectivity index (χ2v) is 5.24. The number of benzene rings is 1. The molecule has 0 saturated heterocycles. The summed E-state index contributed by atoms with van der Waals surface area (Å²) in [5.74, 6) is -1.46. The molecule has 20 heavy (non-hydrogen) atoms. The quantitative estimate of drug-likeness (QED) is 0.885. The molecule has 2 rings (SSSR count). The maximum atomic E-state index is 13.2. The zero-order valence-corrected chi connectivity index (χ0v) is 11.5. The molecular formula is C14H18F2N2O2. The Hall–Kier alpha value is -1.53. The van der Waals surface area contributed by atoms with Gasteiger partial charge in [0.05, 0.1) is 36.6 Å². The molecule has 4 nitrogen and oxygen atoms in total. The van der Waals surface area contributed by atoms with Crippen LogP contribution in [0.5, 0.6) is 0 Å². The maximum Gasteiger partial charge on any atom is 0.161 e. The third kappa shape index (κ3) is 3.52. The fourth-order valence-corrected chi connectivity index (χ4v) is 1.92. The number of aliphatic hydroxyl groups excluding tert-OH is 1. The molecule has 1 unspecified atom stereocenters. The molecule has 1 heterocycles. The van der Waals surface area contributed by atoms with E-state index in [0.29, 0.717) is 23.6 Å². The molecule has 0 spiro atoms. The molecule has 0 radical (unpaired) electrons. The van der Waals surface area contributed by atoms with E-state index in [4.69, 9.17) is 4.74 Å². The molecule has 0 saturated carbocycles. The first-order chi connectivity index (χ1) is 9.47. The van der Waals surface area contributed by atoms with Gasteiger partial charge in [0.25, 0.3) is 0 Å². The summed E-state index contributed by atoms with van der Waals surface area (Å²) >= 11 is 0. The zero-order chi connectivity index (χ0) is 14.7. The van der Waals surface area contributed by atoms with E-state index in [1.165, 1.54) is 6.33 Å². The Bertz CT molecular complexity index is 584. The summed E-state index contributed by atoms with van der Waals surface area (Å²) in [7, 11) is 0. The number of hydrogen-bond acceptors (Lipinski definition) is 3. The first kappa shape index (κ1) is 14.9. The van der Waals surface area contributed by atoms with Gasteiger partial charge in [0.15, 0.2) is 11.6 Å². The van der Waals surface area contributed by atoms with Gasteiger partial charge in [0, 0.05) is 18.7 Å². The summed E-state index contributed by atoms with van der Waals surface area (Å²) in [6, 6.07) is 2.13. The molecule has 0 aliphatic carbocycles. The summed E-state index contributed by atoms with van der Waals surface area (Å²) in [6.07, 6.45) is 0.731. The number of halogens is 2. The van der Waals surface area contributed by atoms with Gasteiger partial charge in [-0.05, 0) is 5.92 Å². The van der Waals surface area contributed by atoms with E-state index < -0.39 is 17.7 Å². The van der Waals surface area contributed by atoms with Crippen molar-refractivity contribution in [1.82, 2.24) is 9.55 Å². The van der Waals surface area contributed by atoms with E-state index in [1.54, 1.807) is 4.57 Å². The topological polar surface area (TPSA) is 47.3 Å². The monoisotopic (exact) mass is 284 g/mol. The summed E-state index contributed by atoms with van der Waals surface area (Å²) in [5, 5.41) is 9.88. The third-order valence-electron chi connectivity index (χ3n) is 2.83. The van der Waals surface area contributed by atoms with Crippen molar-refractivity contribution >= 4 is 11.0 Å². The molecule has 1 aromatic carbocycles. The fraction of sp³-hybridized carbons (Fsp3) is 0.500. The van der Waals surface area contributed by atoms with Crippen LogP contribution in [0.15, 0.2) is 18.5 Å². The molecule has 1 atom stereocenters. The summed E-state index contributed by atoms with van der Waals surface area (Å²) in [4.78, 5) is 3.99. The summed E-state index contributed by atoms with van der Waals surface area (Å²) < 4.78 is 33.2. The first-order valence-corrected chi connectivity index (χ1v) is 6.53. The van der Waals surface area contributed by atoms with Gasteiger partial charge in [0.1, 0.15) is 0 Å². The van der Waals surface area contributed by atoms with Gasteiger partial charge >= 0.3 is 0 Å². The van der Waals surface area contributed by atoms with Crippen LogP contribution in [-0.2, 0) is 11.3 Å². The van der Waals surface area contributed by atoms with Gasteiger partial charge in [-0.25, -0.2) is 13.8 Å². The predicted octanol–water partition coefficient (Wildman–Crippen LogP) is 2.35. The van der Waals surface area contributed by atoms with Crippen LogP contribution in [0, 0.1) is 17.6 Å². The SMILES string of the molecule is CC(C)COCC(O)Cn1cnc2cc(F)c(F)cc21. The van der Waals surface area contributed by atoms with Crippen LogP contribution in [0.3, 0.4) is 0 Å². The van der Waals surface area contributed by atoms with Gasteiger partial charge in [-0.15, -0.1) is 0 Å². The minimum Gasteiger partial charge on any atom is -0.389 e. The Kier molecular flexibility index (Phi) is 4.67. The summed E-state index contributed by atoms with van der Waals surface area (Å²) in [5.41, 5.74) is 0.811. The molecule has 0 fully saturated rings. The van der Waals surface area contributed by atoms with Crippen LogP contribution in [-0.4, -0.2) is 34.0 Å². The molecule has 2 aromatic rings. The summed E-state index contributed by atoms with van der Waals surface area (Å²) in [6.45, 7) is 5.03. The van der Waals surface area contributed by atoms with Crippen molar-refractivity contribution in [2.75, 3.05) is 13.2 Å². The van der Waals surface area contributed by atoms with Gasteiger partial charge in [-0.2, -0.15) is 0 Å². The standard InChI is InChI=1S/C14H18F2N2O2/c1-9(2)6-20-7-10(19)5-18-8-17-13-3-11(15)12(16)4-14(13)18/h3-4,8-10,19H,5-7H2,1-2H3. The molecule has 6 heteroatoms. The Morgan fingerprint density at radius 2 is 1.95 bits per heavy atom. The van der Waals surface area contributed by atoms with Crippen molar-refractivity contribution in [1.29, 1.82) is 0 Å². The lowest BCUT2D eigenvalue weighted by molar-refractivity contribution is 0.0185. The lowest BCUT2D eigenvalue weighted by atomic mass is 10.2. The predicted molar refractivity (Wildman–Crippen MR) is 71.3 cm³/mol. The molecule has 0 aliphatic rings. The number of nitrogens with zero attached hydrogens (tertiary/aromatic N) is 2. The van der Waals surface area contributed by atoms with E-state index in [-0.39, 0.29) is 13.2 Å². The highest BCUT2D eigenvalue weighted by Gasteiger charge is 2.12. The van der Waals surface area contributed by atoms with Crippen LogP contribution in [0.25, 0.3) is 11.0 Å². The van der Waals surface area contributed by atoms with E-state index in [0.717, 1.165) is 12.1 Å². The molecule has 0 aliphatic heterocycles. The first-order valence-electron chi connectivity index (χ1n) is 6.53. The Labute approximate surface area is 116 Å². The Morgan fingerprint density at radius 1 is 1.25 bits per heavy atom. The average molecular weight is 284 g/mol. The van der Waals surface area contributed by atoms with Crippen LogP contribution in [0.4, 0.5) is 8.78 Å². The number of ether oxygens (including phenoxy) is 1. The van der Waals surface area contributed by atoms with E-state index in [2.05, 4.69) is 4.98 Å². The second-order valence-electron chi connectivity index (χ2n) is 5.24. The van der Waals surface area contributed by atoms with E-state index in [9.17, 15) is 13.9 Å². The van der Waals surface area contributed by atoms with E-state index >= 15 is 0 Å². The second kappa shape index (κ2) is 6.28. The maximum absolute atomic E-state index is 13.2. The van der Waals surface area contributed by atoms with E-state index in [1.807, 2.05) is 13.8 Å². The number of aliphatic hydroxyl groups is 1. The Balaban J connectivity index is 2.04. The van der Waals surface area contributed by atoms with Gasteiger partial charge < -0.3 is 14.4 Å². The van der Waals surface area contributed by atoms with Crippen molar-refractivity contribution in [3.8, 4) is 0 Å². The van der Waals surface area contributed by atoms with Crippen LogP contribution in [0.1, 0.15) is 13.8 Å². The van der Waals surface area contributed by atoms with Crippen molar-refractivity contribution < 1.29 is 18.6 Å². The Morgan fingerprint density at radius 3 is 2.65 bits per heavy atom. The highest BCUT2D eigenvalue weighted by Crippen LogP contribution is 2.17. The molecule has 0 bridgehead atoms. The number of hydrogen-bond donors (Lipinski definition) is 1. The van der Waals surface area contributed by atoms with Crippen molar-refractivity contribution in [2.45, 2.75) is 26.5 Å². The van der Waals surface area contributed by atoms with Crippen molar-refractivity contribution in [3.63, 3.8) is 0 Å².